The fourth-order valence-corrected chi connectivity index (χ4v) is 4.83. The Hall–Kier alpha value is -2.84. The van der Waals surface area contributed by atoms with Crippen molar-refractivity contribution in [2.75, 3.05) is 12.9 Å². The Morgan fingerprint density at radius 2 is 2.10 bits per heavy atom. The monoisotopic (exact) mass is 440 g/mol. The van der Waals surface area contributed by atoms with Gasteiger partial charge in [-0.3, -0.25) is 9.36 Å². The number of nitrogens with zero attached hydrogens (tertiary/aromatic N) is 2. The quantitative estimate of drug-likeness (QED) is 0.450. The van der Waals surface area contributed by atoms with Gasteiger partial charge in [0.25, 0.3) is 5.56 Å². The number of thioether (sulfide) groups is 1. The second kappa shape index (κ2) is 8.49. The molecule has 1 aliphatic heterocycles. The van der Waals surface area contributed by atoms with Crippen molar-refractivity contribution < 1.29 is 13.9 Å². The summed E-state index contributed by atoms with van der Waals surface area (Å²) in [5.41, 5.74) is 1.54. The number of thiazole rings is 1. The molecule has 3 heterocycles. The summed E-state index contributed by atoms with van der Waals surface area (Å²) in [5, 5.41) is 0. The topological polar surface area (TPSA) is 73.8 Å². The van der Waals surface area contributed by atoms with Crippen molar-refractivity contribution in [1.29, 1.82) is 0 Å². The van der Waals surface area contributed by atoms with Crippen LogP contribution in [-0.4, -0.2) is 23.4 Å². The molecule has 0 bridgehead atoms. The van der Waals surface area contributed by atoms with E-state index in [1.54, 1.807) is 54.6 Å². The summed E-state index contributed by atoms with van der Waals surface area (Å²) >= 11 is 2.91. The van der Waals surface area contributed by atoms with Crippen LogP contribution in [0.5, 0.6) is 0 Å². The van der Waals surface area contributed by atoms with Gasteiger partial charge in [0.15, 0.2) is 4.80 Å². The number of aromatic nitrogens is 1. The molecule has 0 fully saturated rings. The van der Waals surface area contributed by atoms with Gasteiger partial charge in [-0.25, -0.2) is 9.79 Å². The first-order valence-corrected chi connectivity index (χ1v) is 11.4. The zero-order chi connectivity index (χ0) is 21.3. The molecule has 2 aromatic heterocycles. The molecule has 30 heavy (non-hydrogen) atoms. The van der Waals surface area contributed by atoms with E-state index in [0.29, 0.717) is 26.4 Å². The first-order chi connectivity index (χ1) is 14.5. The van der Waals surface area contributed by atoms with Crippen LogP contribution < -0.4 is 14.9 Å². The van der Waals surface area contributed by atoms with Crippen molar-refractivity contribution >= 4 is 35.1 Å². The van der Waals surface area contributed by atoms with Crippen LogP contribution in [0.25, 0.3) is 6.08 Å². The minimum Gasteiger partial charge on any atom is -0.465 e. The lowest BCUT2D eigenvalue weighted by Crippen LogP contribution is -2.39. The number of carbonyl (C=O) groups is 1. The van der Waals surface area contributed by atoms with Gasteiger partial charge in [-0.15, -0.1) is 11.8 Å². The average molecular weight is 441 g/mol. The number of hydrogen-bond donors (Lipinski definition) is 0. The van der Waals surface area contributed by atoms with E-state index >= 15 is 0 Å². The fourth-order valence-electron chi connectivity index (χ4n) is 3.40. The minimum absolute atomic E-state index is 0.219. The molecule has 0 saturated heterocycles. The van der Waals surface area contributed by atoms with E-state index in [-0.39, 0.29) is 12.2 Å². The third kappa shape index (κ3) is 3.68. The summed E-state index contributed by atoms with van der Waals surface area (Å²) in [6.45, 7) is 3.78. The zero-order valence-electron chi connectivity index (χ0n) is 16.7. The first-order valence-electron chi connectivity index (χ1n) is 9.40. The van der Waals surface area contributed by atoms with Crippen molar-refractivity contribution in [1.82, 2.24) is 4.57 Å². The summed E-state index contributed by atoms with van der Waals surface area (Å²) in [6.07, 6.45) is 5.25. The van der Waals surface area contributed by atoms with Gasteiger partial charge in [-0.05, 0) is 49.9 Å². The van der Waals surface area contributed by atoms with Crippen molar-refractivity contribution in [3.8, 4) is 0 Å². The Morgan fingerprint density at radius 3 is 2.73 bits per heavy atom. The molecular weight excluding hydrogens is 420 g/mol. The predicted octanol–water partition coefficient (Wildman–Crippen LogP) is 3.11. The highest BCUT2D eigenvalue weighted by Gasteiger charge is 2.33. The van der Waals surface area contributed by atoms with E-state index in [1.165, 1.54) is 11.3 Å². The molecule has 0 unspecified atom stereocenters. The zero-order valence-corrected chi connectivity index (χ0v) is 18.4. The molecule has 4 rings (SSSR count). The third-order valence-electron chi connectivity index (χ3n) is 4.77. The standard InChI is InChI=1S/C22H20N2O4S2/c1-4-27-21(26)18-13(2)23-22-24(19(18)14-7-9-16(29-3)10-8-14)20(25)17(30-22)12-15-6-5-11-28-15/h5-12,19H,4H2,1-3H3/b17-12-/t19-/m0/s1. The number of carbonyl (C=O) groups excluding carboxylic acids is 1. The Balaban J connectivity index is 1.95. The summed E-state index contributed by atoms with van der Waals surface area (Å²) in [4.78, 5) is 32.4. The number of allylic oxidation sites excluding steroid dienone is 1. The van der Waals surface area contributed by atoms with Crippen molar-refractivity contribution in [2.24, 2.45) is 4.99 Å². The van der Waals surface area contributed by atoms with Crippen molar-refractivity contribution in [3.05, 3.63) is 84.9 Å². The average Bonchev–Trinajstić information content (AvgIpc) is 3.36. The number of ether oxygens (including phenoxy) is 1. The number of rotatable bonds is 5. The third-order valence-corrected chi connectivity index (χ3v) is 6.49. The van der Waals surface area contributed by atoms with Gasteiger partial charge < -0.3 is 9.15 Å². The summed E-state index contributed by atoms with van der Waals surface area (Å²) in [5.74, 6) is 0.125. The van der Waals surface area contributed by atoms with Gasteiger partial charge in [-0.2, -0.15) is 0 Å². The molecule has 8 heteroatoms. The molecule has 3 aromatic rings. The van der Waals surface area contributed by atoms with Gasteiger partial charge in [0.05, 0.1) is 34.7 Å². The molecule has 0 saturated carbocycles. The lowest BCUT2D eigenvalue weighted by atomic mass is 9.96. The number of hydrogen-bond acceptors (Lipinski definition) is 7. The van der Waals surface area contributed by atoms with Crippen molar-refractivity contribution in [3.63, 3.8) is 0 Å². The summed E-state index contributed by atoms with van der Waals surface area (Å²) < 4.78 is 12.7. The second-order valence-corrected chi connectivity index (χ2v) is 8.48. The van der Waals surface area contributed by atoms with Crippen LogP contribution in [0.1, 0.15) is 31.2 Å². The summed E-state index contributed by atoms with van der Waals surface area (Å²) in [6, 6.07) is 10.8. The van der Waals surface area contributed by atoms with E-state index in [0.717, 1.165) is 10.5 Å². The van der Waals surface area contributed by atoms with E-state index in [1.807, 2.05) is 30.5 Å². The SMILES string of the molecule is CCOC(=O)C1=C(C)N=c2s/c(=C\c3ccco3)c(=O)n2[C@H]1c1ccc(SC)cc1. The number of esters is 1. The minimum atomic E-state index is -0.602. The Kier molecular flexibility index (Phi) is 5.78. The molecule has 0 amide bonds. The van der Waals surface area contributed by atoms with E-state index in [2.05, 4.69) is 4.99 Å². The van der Waals surface area contributed by atoms with E-state index < -0.39 is 12.0 Å². The van der Waals surface area contributed by atoms with Crippen LogP contribution in [0.2, 0.25) is 0 Å². The van der Waals surface area contributed by atoms with E-state index in [9.17, 15) is 9.59 Å². The van der Waals surface area contributed by atoms with Crippen LogP contribution in [0.15, 0.2) is 73.0 Å². The fraction of sp³-hybridized carbons (Fsp3) is 0.227. The van der Waals surface area contributed by atoms with Crippen LogP contribution >= 0.6 is 23.1 Å². The van der Waals surface area contributed by atoms with Gasteiger partial charge in [0, 0.05) is 11.0 Å². The lowest BCUT2D eigenvalue weighted by Gasteiger charge is -2.24. The molecular formula is C22H20N2O4S2. The first kappa shape index (κ1) is 20.4. The molecule has 6 nitrogen and oxygen atoms in total. The maximum Gasteiger partial charge on any atom is 0.338 e. The highest BCUT2D eigenvalue weighted by Crippen LogP contribution is 2.31. The Bertz CT molecular complexity index is 1280. The molecule has 0 N–H and O–H groups in total. The van der Waals surface area contributed by atoms with Gasteiger partial charge in [-0.1, -0.05) is 23.5 Å². The Morgan fingerprint density at radius 1 is 1.33 bits per heavy atom. The Labute approximate surface area is 181 Å². The predicted molar refractivity (Wildman–Crippen MR) is 117 cm³/mol. The molecule has 0 radical (unpaired) electrons. The maximum absolute atomic E-state index is 13.3. The van der Waals surface area contributed by atoms with E-state index in [4.69, 9.17) is 9.15 Å². The largest absolute Gasteiger partial charge is 0.465 e. The number of furan rings is 1. The second-order valence-electron chi connectivity index (χ2n) is 6.59. The van der Waals surface area contributed by atoms with Crippen molar-refractivity contribution in [2.45, 2.75) is 24.8 Å². The highest BCUT2D eigenvalue weighted by molar-refractivity contribution is 7.98. The summed E-state index contributed by atoms with van der Waals surface area (Å²) in [7, 11) is 0. The molecule has 0 aliphatic carbocycles. The van der Waals surface area contributed by atoms with Gasteiger partial charge >= 0.3 is 5.97 Å². The van der Waals surface area contributed by atoms with Crippen LogP contribution in [0, 0.1) is 0 Å². The number of benzene rings is 1. The molecule has 1 atom stereocenters. The lowest BCUT2D eigenvalue weighted by molar-refractivity contribution is -0.139. The normalized spacial score (nSPS) is 16.4. The molecule has 154 valence electrons. The molecule has 1 aliphatic rings. The van der Waals surface area contributed by atoms with Crippen LogP contribution in [0.4, 0.5) is 0 Å². The van der Waals surface area contributed by atoms with Crippen LogP contribution in [0.3, 0.4) is 0 Å². The van der Waals surface area contributed by atoms with Gasteiger partial charge in [0.2, 0.25) is 0 Å². The highest BCUT2D eigenvalue weighted by atomic mass is 32.2. The molecule has 0 spiro atoms. The smallest absolute Gasteiger partial charge is 0.338 e. The number of fused-ring (bicyclic) bond motifs is 1. The van der Waals surface area contributed by atoms with Crippen LogP contribution in [-0.2, 0) is 9.53 Å². The van der Waals surface area contributed by atoms with Gasteiger partial charge in [0.1, 0.15) is 5.76 Å². The maximum atomic E-state index is 13.3. The molecule has 1 aromatic carbocycles.